The van der Waals surface area contributed by atoms with E-state index in [4.69, 9.17) is 0 Å². The molecule has 0 amide bonds. The molecule has 2 aromatic carbocycles. The number of aromatic hydroxyl groups is 1. The summed E-state index contributed by atoms with van der Waals surface area (Å²) in [5, 5.41) is 20.8. The zero-order valence-electron chi connectivity index (χ0n) is 14.2. The molecule has 0 aliphatic heterocycles. The third-order valence-electron chi connectivity index (χ3n) is 3.85. The summed E-state index contributed by atoms with van der Waals surface area (Å²) < 4.78 is 2.09. The van der Waals surface area contributed by atoms with Crippen molar-refractivity contribution in [2.75, 3.05) is 0 Å². The average Bonchev–Trinajstić information content (AvgIpc) is 2.97. The summed E-state index contributed by atoms with van der Waals surface area (Å²) in [5.41, 5.74) is 2.33. The lowest BCUT2D eigenvalue weighted by Crippen LogP contribution is -2.20. The zero-order valence-corrected chi connectivity index (χ0v) is 14.2. The first-order chi connectivity index (χ1) is 11.8. The number of rotatable bonds is 3. The van der Waals surface area contributed by atoms with Gasteiger partial charge in [0.25, 0.3) is 0 Å². The first kappa shape index (κ1) is 16.6. The molecule has 128 valence electrons. The summed E-state index contributed by atoms with van der Waals surface area (Å²) >= 11 is 0. The average molecular weight is 338 g/mol. The van der Waals surface area contributed by atoms with E-state index in [2.05, 4.69) is 35.3 Å². The maximum absolute atomic E-state index is 10.9. The lowest BCUT2D eigenvalue weighted by Gasteiger charge is -2.21. The predicted molar refractivity (Wildman–Crippen MR) is 96.7 cm³/mol. The van der Waals surface area contributed by atoms with Gasteiger partial charge in [0.05, 0.1) is 28.0 Å². The third-order valence-corrected chi connectivity index (χ3v) is 3.85. The van der Waals surface area contributed by atoms with Crippen molar-refractivity contribution in [1.29, 1.82) is 0 Å². The van der Waals surface area contributed by atoms with Crippen molar-refractivity contribution in [1.82, 2.24) is 9.55 Å². The number of aliphatic imine (C=N–C) groups is 1. The van der Waals surface area contributed by atoms with Crippen LogP contribution in [0.1, 0.15) is 26.3 Å². The number of hydrogen-bond donors (Lipinski definition) is 1. The van der Waals surface area contributed by atoms with E-state index in [1.165, 1.54) is 18.3 Å². The van der Waals surface area contributed by atoms with Crippen molar-refractivity contribution in [2.24, 2.45) is 4.99 Å². The van der Waals surface area contributed by atoms with Crippen LogP contribution in [-0.4, -0.2) is 25.8 Å². The standard InChI is InChI=1S/C18H18N4O3/c1-18(2,3)21-11-20-14-9-13(7-8-15(14)21)19-10-12-5-4-6-16(17(12)23)22(24)25/h4-11,23H,1-3H3. The van der Waals surface area contributed by atoms with E-state index < -0.39 is 10.7 Å². The topological polar surface area (TPSA) is 93.5 Å². The molecule has 0 spiro atoms. The Hall–Kier alpha value is -3.22. The van der Waals surface area contributed by atoms with Gasteiger partial charge in [-0.1, -0.05) is 6.07 Å². The number of para-hydroxylation sites is 1. The highest BCUT2D eigenvalue weighted by atomic mass is 16.6. The molecule has 1 heterocycles. The number of phenolic OH excluding ortho intramolecular Hbond substituents is 1. The molecule has 25 heavy (non-hydrogen) atoms. The zero-order chi connectivity index (χ0) is 18.2. The van der Waals surface area contributed by atoms with Crippen LogP contribution in [0.5, 0.6) is 5.75 Å². The quantitative estimate of drug-likeness (QED) is 0.441. The minimum atomic E-state index is -0.627. The molecule has 3 rings (SSSR count). The molecule has 0 fully saturated rings. The first-order valence-corrected chi connectivity index (χ1v) is 7.75. The van der Waals surface area contributed by atoms with Gasteiger partial charge < -0.3 is 9.67 Å². The van der Waals surface area contributed by atoms with E-state index in [0.717, 1.165) is 11.0 Å². The molecule has 1 N–H and O–H groups in total. The molecule has 0 saturated heterocycles. The van der Waals surface area contributed by atoms with Gasteiger partial charge in [0.1, 0.15) is 0 Å². The van der Waals surface area contributed by atoms with E-state index in [9.17, 15) is 15.2 Å². The number of hydrogen-bond acceptors (Lipinski definition) is 5. The molecule has 7 nitrogen and oxygen atoms in total. The second-order valence-corrected chi connectivity index (χ2v) is 6.69. The smallest absolute Gasteiger partial charge is 0.311 e. The van der Waals surface area contributed by atoms with Gasteiger partial charge in [-0.05, 0) is 45.0 Å². The van der Waals surface area contributed by atoms with Crippen molar-refractivity contribution in [3.05, 3.63) is 58.4 Å². The molecule has 7 heteroatoms. The molecule has 0 bridgehead atoms. The van der Waals surface area contributed by atoms with Crippen LogP contribution >= 0.6 is 0 Å². The van der Waals surface area contributed by atoms with Gasteiger partial charge in [-0.3, -0.25) is 15.1 Å². The number of nitrogens with zero attached hydrogens (tertiary/aromatic N) is 4. The van der Waals surface area contributed by atoms with E-state index in [0.29, 0.717) is 5.69 Å². The Labute approximate surface area is 144 Å². The van der Waals surface area contributed by atoms with Gasteiger partial charge in [0.2, 0.25) is 5.75 Å². The Bertz CT molecular complexity index is 984. The Morgan fingerprint density at radius 2 is 2.04 bits per heavy atom. The van der Waals surface area contributed by atoms with E-state index in [1.54, 1.807) is 12.4 Å². The Morgan fingerprint density at radius 1 is 1.28 bits per heavy atom. The van der Waals surface area contributed by atoms with Crippen LogP contribution < -0.4 is 0 Å². The molecule has 1 aromatic heterocycles. The van der Waals surface area contributed by atoms with Crippen LogP contribution in [0.4, 0.5) is 11.4 Å². The minimum Gasteiger partial charge on any atom is -0.502 e. The minimum absolute atomic E-state index is 0.0751. The number of nitro groups is 1. The summed E-state index contributed by atoms with van der Waals surface area (Å²) in [4.78, 5) is 18.9. The summed E-state index contributed by atoms with van der Waals surface area (Å²) in [6.07, 6.45) is 3.20. The van der Waals surface area contributed by atoms with Gasteiger partial charge in [-0.15, -0.1) is 0 Å². The summed E-state index contributed by atoms with van der Waals surface area (Å²) in [6.45, 7) is 6.31. The summed E-state index contributed by atoms with van der Waals surface area (Å²) in [5.74, 6) is -0.394. The lowest BCUT2D eigenvalue weighted by molar-refractivity contribution is -0.385. The highest BCUT2D eigenvalue weighted by molar-refractivity contribution is 5.88. The van der Waals surface area contributed by atoms with Gasteiger partial charge >= 0.3 is 5.69 Å². The maximum atomic E-state index is 10.9. The highest BCUT2D eigenvalue weighted by Gasteiger charge is 2.16. The molecule has 0 saturated carbocycles. The first-order valence-electron chi connectivity index (χ1n) is 7.75. The Kier molecular flexibility index (Phi) is 4.00. The van der Waals surface area contributed by atoms with Crippen LogP contribution in [0.15, 0.2) is 47.7 Å². The fraction of sp³-hybridized carbons (Fsp3) is 0.222. The number of fused-ring (bicyclic) bond motifs is 1. The van der Waals surface area contributed by atoms with Crippen LogP contribution in [-0.2, 0) is 5.54 Å². The second kappa shape index (κ2) is 6.01. The Morgan fingerprint density at radius 3 is 2.72 bits per heavy atom. The van der Waals surface area contributed by atoms with E-state index in [1.807, 2.05) is 18.2 Å². The largest absolute Gasteiger partial charge is 0.502 e. The highest BCUT2D eigenvalue weighted by Crippen LogP contribution is 2.29. The van der Waals surface area contributed by atoms with E-state index >= 15 is 0 Å². The van der Waals surface area contributed by atoms with Crippen LogP contribution in [0.2, 0.25) is 0 Å². The number of imidazole rings is 1. The third kappa shape index (κ3) is 3.21. The van der Waals surface area contributed by atoms with Crippen molar-refractivity contribution in [3.63, 3.8) is 0 Å². The summed E-state index contributed by atoms with van der Waals surface area (Å²) in [6, 6.07) is 9.94. The van der Waals surface area contributed by atoms with Crippen molar-refractivity contribution in [2.45, 2.75) is 26.3 Å². The maximum Gasteiger partial charge on any atom is 0.311 e. The van der Waals surface area contributed by atoms with Gasteiger partial charge in [-0.2, -0.15) is 0 Å². The molecule has 0 aliphatic carbocycles. The van der Waals surface area contributed by atoms with Gasteiger partial charge in [0, 0.05) is 23.4 Å². The predicted octanol–water partition coefficient (Wildman–Crippen LogP) is 4.16. The van der Waals surface area contributed by atoms with Gasteiger partial charge in [-0.25, -0.2) is 4.98 Å². The normalized spacial score (nSPS) is 12.1. The SMILES string of the molecule is CC(C)(C)n1cnc2cc(N=Cc3cccc([N+](=O)[O-])c3O)ccc21. The molecule has 3 aromatic rings. The molecule has 0 atom stereocenters. The van der Waals surface area contributed by atoms with Crippen molar-refractivity contribution in [3.8, 4) is 5.75 Å². The fourth-order valence-electron chi connectivity index (χ4n) is 2.56. The Balaban J connectivity index is 1.95. The molecule has 0 aliphatic rings. The number of nitro benzene ring substituents is 1. The van der Waals surface area contributed by atoms with E-state index in [-0.39, 0.29) is 16.8 Å². The van der Waals surface area contributed by atoms with Crippen molar-refractivity contribution < 1.29 is 10.0 Å². The van der Waals surface area contributed by atoms with Crippen LogP contribution in [0.3, 0.4) is 0 Å². The summed E-state index contributed by atoms with van der Waals surface area (Å²) in [7, 11) is 0. The second-order valence-electron chi connectivity index (χ2n) is 6.69. The monoisotopic (exact) mass is 338 g/mol. The molecular formula is C18H18N4O3. The molecule has 0 unspecified atom stereocenters. The van der Waals surface area contributed by atoms with Gasteiger partial charge in [0.15, 0.2) is 0 Å². The van der Waals surface area contributed by atoms with Crippen LogP contribution in [0, 0.1) is 10.1 Å². The lowest BCUT2D eigenvalue weighted by atomic mass is 10.1. The number of aromatic nitrogens is 2. The molecular weight excluding hydrogens is 320 g/mol. The number of benzene rings is 2. The number of phenols is 1. The van der Waals surface area contributed by atoms with Crippen LogP contribution in [0.25, 0.3) is 11.0 Å². The van der Waals surface area contributed by atoms with Crippen molar-refractivity contribution >= 4 is 28.6 Å². The molecule has 0 radical (unpaired) electrons. The fourth-order valence-corrected chi connectivity index (χ4v) is 2.56.